The van der Waals surface area contributed by atoms with Crippen LogP contribution in [0, 0.1) is 0 Å². The molecule has 5 rings (SSSR count). The summed E-state index contributed by atoms with van der Waals surface area (Å²) < 4.78 is 0. The number of hydrogen-bond acceptors (Lipinski definition) is 7. The van der Waals surface area contributed by atoms with E-state index in [-0.39, 0.29) is 38.0 Å². The van der Waals surface area contributed by atoms with Crippen LogP contribution in [0.2, 0.25) is 0 Å². The Morgan fingerprint density at radius 2 is 1.02 bits per heavy atom. The molecule has 4 amide bonds. The predicted molar refractivity (Wildman–Crippen MR) is 199 cm³/mol. The lowest BCUT2D eigenvalue weighted by atomic mass is 10.00. The summed E-state index contributed by atoms with van der Waals surface area (Å²) >= 11 is 0. The van der Waals surface area contributed by atoms with Crippen molar-refractivity contribution in [3.8, 4) is 5.75 Å². The number of para-hydroxylation sites is 1. The van der Waals surface area contributed by atoms with E-state index in [0.29, 0.717) is 16.7 Å². The molecule has 0 aliphatic carbocycles. The molecule has 9 N–H and O–H groups in total. The number of aromatic nitrogens is 1. The third-order valence-electron chi connectivity index (χ3n) is 8.76. The van der Waals surface area contributed by atoms with Gasteiger partial charge in [0.25, 0.3) is 0 Å². The molecule has 4 aromatic carbocycles. The number of fused-ring (bicyclic) bond motifs is 1. The molecule has 53 heavy (non-hydrogen) atoms. The van der Waals surface area contributed by atoms with Gasteiger partial charge in [0, 0.05) is 42.8 Å². The zero-order chi connectivity index (χ0) is 37.7. The van der Waals surface area contributed by atoms with Gasteiger partial charge in [-0.15, -0.1) is 0 Å². The number of H-pyrrole nitrogens is 1. The number of aromatic hydroxyl groups is 1. The van der Waals surface area contributed by atoms with E-state index in [0.717, 1.165) is 16.5 Å². The number of rotatable bonds is 17. The first-order valence-corrected chi connectivity index (χ1v) is 17.1. The van der Waals surface area contributed by atoms with Crippen molar-refractivity contribution in [2.24, 2.45) is 5.73 Å². The molecule has 0 saturated heterocycles. The Kier molecular flexibility index (Phi) is 12.9. The van der Waals surface area contributed by atoms with Gasteiger partial charge in [-0.2, -0.15) is 0 Å². The number of carboxylic acids is 1. The predicted octanol–water partition coefficient (Wildman–Crippen LogP) is 2.13. The van der Waals surface area contributed by atoms with Gasteiger partial charge in [-0.3, -0.25) is 19.2 Å². The minimum Gasteiger partial charge on any atom is -0.508 e. The van der Waals surface area contributed by atoms with E-state index < -0.39 is 53.8 Å². The number of phenols is 1. The molecule has 5 aromatic rings. The summed E-state index contributed by atoms with van der Waals surface area (Å²) in [5.74, 6) is -3.95. The number of nitrogens with two attached hydrogens (primary N) is 1. The summed E-state index contributed by atoms with van der Waals surface area (Å²) in [4.78, 5) is 69.9. The van der Waals surface area contributed by atoms with Crippen LogP contribution >= 0.6 is 0 Å². The monoisotopic (exact) mass is 718 g/mol. The number of aliphatic carboxylic acids is 1. The average molecular weight is 719 g/mol. The molecule has 1 heterocycles. The van der Waals surface area contributed by atoms with Crippen LogP contribution in [-0.2, 0) is 49.7 Å². The molecule has 0 radical (unpaired) electrons. The maximum atomic E-state index is 14.2. The summed E-state index contributed by atoms with van der Waals surface area (Å²) in [5, 5.41) is 31.4. The molecule has 4 atom stereocenters. The average Bonchev–Trinajstić information content (AvgIpc) is 3.57. The lowest BCUT2D eigenvalue weighted by Gasteiger charge is -2.26. The largest absolute Gasteiger partial charge is 0.508 e. The molecule has 0 bridgehead atoms. The number of carbonyl (C=O) groups is 5. The second kappa shape index (κ2) is 18.1. The summed E-state index contributed by atoms with van der Waals surface area (Å²) in [7, 11) is 0. The first kappa shape index (κ1) is 37.8. The van der Waals surface area contributed by atoms with E-state index in [9.17, 15) is 34.2 Å². The normalized spacial score (nSPS) is 13.2. The fourth-order valence-electron chi connectivity index (χ4n) is 5.99. The summed E-state index contributed by atoms with van der Waals surface area (Å²) in [5.41, 5.74) is 9.15. The lowest BCUT2D eigenvalue weighted by molar-refractivity contribution is -0.142. The van der Waals surface area contributed by atoms with Crippen LogP contribution in [0.25, 0.3) is 10.9 Å². The van der Waals surface area contributed by atoms with Crippen LogP contribution in [0.3, 0.4) is 0 Å². The Bertz CT molecular complexity index is 2020. The van der Waals surface area contributed by atoms with E-state index in [1.807, 2.05) is 24.3 Å². The molecular formula is C40H42N6O7. The van der Waals surface area contributed by atoms with E-state index in [2.05, 4.69) is 26.3 Å². The number of carboxylic acid groups (broad SMARTS) is 1. The third-order valence-corrected chi connectivity index (χ3v) is 8.76. The number of phenolic OH excluding ortho intramolecular Hbond substituents is 1. The van der Waals surface area contributed by atoms with E-state index in [1.54, 1.807) is 79.0 Å². The molecule has 13 nitrogen and oxygen atoms in total. The minimum atomic E-state index is -1.29. The molecule has 0 fully saturated rings. The zero-order valence-corrected chi connectivity index (χ0v) is 28.8. The van der Waals surface area contributed by atoms with Crippen LogP contribution in [0.15, 0.2) is 115 Å². The smallest absolute Gasteiger partial charge is 0.326 e. The van der Waals surface area contributed by atoms with Crippen LogP contribution in [0.5, 0.6) is 5.75 Å². The molecule has 13 heteroatoms. The second-order valence-corrected chi connectivity index (χ2v) is 12.7. The van der Waals surface area contributed by atoms with Gasteiger partial charge in [0.1, 0.15) is 29.9 Å². The van der Waals surface area contributed by atoms with Crippen LogP contribution in [0.1, 0.15) is 22.3 Å². The number of aromatic amines is 1. The van der Waals surface area contributed by atoms with Crippen molar-refractivity contribution in [3.05, 3.63) is 138 Å². The van der Waals surface area contributed by atoms with Gasteiger partial charge in [0.05, 0.1) is 6.54 Å². The minimum absolute atomic E-state index is 0.00478. The zero-order valence-electron chi connectivity index (χ0n) is 28.8. The Balaban J connectivity index is 1.41. The number of carbonyl (C=O) groups excluding carboxylic acids is 4. The Hall–Kier alpha value is -6.47. The summed E-state index contributed by atoms with van der Waals surface area (Å²) in [6, 6.07) is 26.4. The fourth-order valence-corrected chi connectivity index (χ4v) is 5.99. The summed E-state index contributed by atoms with van der Waals surface area (Å²) in [6.07, 6.45) is 1.81. The number of hydrogen-bond donors (Lipinski definition) is 8. The van der Waals surface area contributed by atoms with Gasteiger partial charge in [0.15, 0.2) is 0 Å². The number of amides is 4. The standard InChI is InChI=1S/C40H42N6O7/c41-23-36(48)43-34(22-28-24-42-31-14-8-7-13-30(28)31)39(51)45-33(20-27-15-17-29(47)18-16-27)37(49)44-32(19-25-9-3-1-4-10-25)38(50)46-35(40(52)53)21-26-11-5-2-6-12-26/h1-18,24,32-35,42,47H,19-23,41H2,(H,43,48)(H,44,49)(H,45,51)(H,46,50)(H,52,53). The first-order chi connectivity index (χ1) is 25.6. The van der Waals surface area contributed by atoms with Crippen LogP contribution in [-0.4, -0.2) is 75.5 Å². The van der Waals surface area contributed by atoms with Crippen molar-refractivity contribution in [2.45, 2.75) is 49.9 Å². The van der Waals surface area contributed by atoms with Crippen molar-refractivity contribution in [1.82, 2.24) is 26.3 Å². The van der Waals surface area contributed by atoms with E-state index in [4.69, 9.17) is 5.73 Å². The molecule has 0 aliphatic rings. The van der Waals surface area contributed by atoms with Crippen LogP contribution in [0.4, 0.5) is 0 Å². The van der Waals surface area contributed by atoms with E-state index >= 15 is 0 Å². The van der Waals surface area contributed by atoms with Crippen LogP contribution < -0.4 is 27.0 Å². The molecule has 0 saturated carbocycles. The maximum absolute atomic E-state index is 14.2. The highest BCUT2D eigenvalue weighted by Crippen LogP contribution is 2.20. The molecule has 0 spiro atoms. The van der Waals surface area contributed by atoms with E-state index in [1.165, 1.54) is 12.1 Å². The highest BCUT2D eigenvalue weighted by molar-refractivity contribution is 5.96. The fraction of sp³-hybridized carbons (Fsp3) is 0.225. The highest BCUT2D eigenvalue weighted by Gasteiger charge is 2.32. The molecule has 4 unspecified atom stereocenters. The maximum Gasteiger partial charge on any atom is 0.326 e. The Labute approximate surface area is 306 Å². The lowest BCUT2D eigenvalue weighted by Crippen LogP contribution is -2.59. The number of nitrogens with one attached hydrogen (secondary N) is 5. The van der Waals surface area contributed by atoms with Gasteiger partial charge < -0.3 is 42.2 Å². The van der Waals surface area contributed by atoms with Crippen molar-refractivity contribution in [1.29, 1.82) is 0 Å². The highest BCUT2D eigenvalue weighted by atomic mass is 16.4. The summed E-state index contributed by atoms with van der Waals surface area (Å²) in [6.45, 7) is -0.368. The number of benzene rings is 4. The molecule has 1 aromatic heterocycles. The molecular weight excluding hydrogens is 676 g/mol. The Morgan fingerprint density at radius 3 is 1.55 bits per heavy atom. The Morgan fingerprint density at radius 1 is 0.566 bits per heavy atom. The first-order valence-electron chi connectivity index (χ1n) is 17.1. The molecule has 0 aliphatic heterocycles. The van der Waals surface area contributed by atoms with Crippen molar-refractivity contribution in [3.63, 3.8) is 0 Å². The second-order valence-electron chi connectivity index (χ2n) is 12.7. The SMILES string of the molecule is NCC(=O)NC(Cc1c[nH]c2ccccc12)C(=O)NC(Cc1ccc(O)cc1)C(=O)NC(Cc1ccccc1)C(=O)NC(Cc1ccccc1)C(=O)O. The quantitative estimate of drug-likeness (QED) is 0.0711. The van der Waals surface area contributed by atoms with Gasteiger partial charge >= 0.3 is 5.97 Å². The van der Waals surface area contributed by atoms with Gasteiger partial charge in [-0.05, 0) is 40.5 Å². The van der Waals surface area contributed by atoms with Crippen molar-refractivity contribution < 1.29 is 34.2 Å². The topological polar surface area (TPSA) is 216 Å². The van der Waals surface area contributed by atoms with Crippen molar-refractivity contribution >= 4 is 40.5 Å². The van der Waals surface area contributed by atoms with Gasteiger partial charge in [-0.1, -0.05) is 91.0 Å². The molecule has 274 valence electrons. The van der Waals surface area contributed by atoms with Gasteiger partial charge in [0.2, 0.25) is 23.6 Å². The van der Waals surface area contributed by atoms with Crippen molar-refractivity contribution in [2.75, 3.05) is 6.54 Å². The third kappa shape index (κ3) is 10.8. The van der Waals surface area contributed by atoms with Gasteiger partial charge in [-0.25, -0.2) is 4.79 Å².